The molecule has 1 aromatic rings. The van der Waals surface area contributed by atoms with Crippen LogP contribution >= 0.6 is 0 Å². The Bertz CT molecular complexity index is 676. The number of amides is 1. The van der Waals surface area contributed by atoms with Crippen molar-refractivity contribution in [3.05, 3.63) is 29.8 Å². The summed E-state index contributed by atoms with van der Waals surface area (Å²) >= 11 is 0. The second kappa shape index (κ2) is 7.10. The Morgan fingerprint density at radius 2 is 2.04 bits per heavy atom. The number of ether oxygens (including phenoxy) is 1. The average Bonchev–Trinajstić information content (AvgIpc) is 2.95. The van der Waals surface area contributed by atoms with Gasteiger partial charge in [0, 0.05) is 24.3 Å². The number of hydrogen-bond donors (Lipinski definition) is 3. The molecule has 2 aliphatic heterocycles. The SMILES string of the molecule is N=C(N)c1ccc(N2CC(CN3CCCC(C(=O)O)C3)OC2=O)cc1. The molecule has 1 aromatic carbocycles. The Morgan fingerprint density at radius 1 is 1.32 bits per heavy atom. The summed E-state index contributed by atoms with van der Waals surface area (Å²) < 4.78 is 5.44. The number of aliphatic carboxylic acids is 1. The maximum Gasteiger partial charge on any atom is 0.414 e. The van der Waals surface area contributed by atoms with Crippen molar-refractivity contribution >= 4 is 23.6 Å². The van der Waals surface area contributed by atoms with Gasteiger partial charge in [0.05, 0.1) is 12.5 Å². The van der Waals surface area contributed by atoms with Gasteiger partial charge in [-0.3, -0.25) is 20.0 Å². The van der Waals surface area contributed by atoms with E-state index in [0.29, 0.717) is 37.3 Å². The minimum Gasteiger partial charge on any atom is -0.481 e. The second-order valence-electron chi connectivity index (χ2n) is 6.51. The van der Waals surface area contributed by atoms with Gasteiger partial charge in [0.1, 0.15) is 11.9 Å². The fourth-order valence-corrected chi connectivity index (χ4v) is 3.36. The van der Waals surface area contributed by atoms with Crippen molar-refractivity contribution in [2.45, 2.75) is 18.9 Å². The predicted octanol–water partition coefficient (Wildman–Crippen LogP) is 1.09. The molecule has 2 atom stereocenters. The molecule has 2 fully saturated rings. The lowest BCUT2D eigenvalue weighted by Gasteiger charge is -2.31. The van der Waals surface area contributed by atoms with Crippen molar-refractivity contribution in [1.82, 2.24) is 4.90 Å². The van der Waals surface area contributed by atoms with Crippen LogP contribution in [0.4, 0.5) is 10.5 Å². The number of carboxylic acid groups (broad SMARTS) is 1. The molecule has 25 heavy (non-hydrogen) atoms. The van der Waals surface area contributed by atoms with Crippen LogP contribution in [0.2, 0.25) is 0 Å². The average molecular weight is 346 g/mol. The molecule has 2 unspecified atom stereocenters. The van der Waals surface area contributed by atoms with E-state index in [0.717, 1.165) is 13.0 Å². The van der Waals surface area contributed by atoms with Crippen molar-refractivity contribution in [3.63, 3.8) is 0 Å². The first-order chi connectivity index (χ1) is 11.9. The Kier molecular flexibility index (Phi) is 4.89. The number of anilines is 1. The first-order valence-corrected chi connectivity index (χ1v) is 8.32. The van der Waals surface area contributed by atoms with Crippen molar-refractivity contribution in [1.29, 1.82) is 5.41 Å². The molecule has 2 heterocycles. The molecule has 0 aliphatic carbocycles. The number of nitrogens with two attached hydrogens (primary N) is 1. The van der Waals surface area contributed by atoms with Gasteiger partial charge in [-0.05, 0) is 43.7 Å². The fraction of sp³-hybridized carbons (Fsp3) is 0.471. The van der Waals surface area contributed by atoms with Gasteiger partial charge in [-0.2, -0.15) is 0 Å². The van der Waals surface area contributed by atoms with E-state index in [1.807, 2.05) is 0 Å². The fourth-order valence-electron chi connectivity index (χ4n) is 3.36. The zero-order valence-corrected chi connectivity index (χ0v) is 13.9. The minimum atomic E-state index is -0.764. The summed E-state index contributed by atoms with van der Waals surface area (Å²) in [6.45, 7) is 2.28. The van der Waals surface area contributed by atoms with Crippen molar-refractivity contribution in [3.8, 4) is 0 Å². The third kappa shape index (κ3) is 3.90. The number of nitrogens with one attached hydrogen (secondary N) is 1. The second-order valence-corrected chi connectivity index (χ2v) is 6.51. The smallest absolute Gasteiger partial charge is 0.414 e. The highest BCUT2D eigenvalue weighted by Crippen LogP contribution is 2.24. The van der Waals surface area contributed by atoms with E-state index in [2.05, 4.69) is 4.90 Å². The summed E-state index contributed by atoms with van der Waals surface area (Å²) in [5.41, 5.74) is 6.73. The number of hydrogen-bond acceptors (Lipinski definition) is 5. The van der Waals surface area contributed by atoms with Crippen molar-refractivity contribution in [2.75, 3.05) is 31.1 Å². The van der Waals surface area contributed by atoms with Crippen molar-refractivity contribution < 1.29 is 19.4 Å². The number of nitrogens with zero attached hydrogens (tertiary/aromatic N) is 2. The quantitative estimate of drug-likeness (QED) is 0.542. The Morgan fingerprint density at radius 3 is 2.68 bits per heavy atom. The summed E-state index contributed by atoms with van der Waals surface area (Å²) in [4.78, 5) is 26.9. The molecule has 8 heteroatoms. The van der Waals surface area contributed by atoms with Crippen LogP contribution in [0, 0.1) is 11.3 Å². The number of amidine groups is 1. The number of cyclic esters (lactones) is 1. The highest BCUT2D eigenvalue weighted by atomic mass is 16.6. The van der Waals surface area contributed by atoms with Crippen LogP contribution in [0.15, 0.2) is 24.3 Å². The molecule has 1 amide bonds. The lowest BCUT2D eigenvalue weighted by molar-refractivity contribution is -0.143. The van der Waals surface area contributed by atoms with E-state index in [1.165, 1.54) is 0 Å². The van der Waals surface area contributed by atoms with E-state index in [4.69, 9.17) is 21.0 Å². The number of carbonyl (C=O) groups is 2. The molecule has 0 spiro atoms. The summed E-state index contributed by atoms with van der Waals surface area (Å²) in [6.07, 6.45) is 0.846. The molecule has 3 rings (SSSR count). The molecule has 134 valence electrons. The number of carbonyl (C=O) groups excluding carboxylic acids is 1. The summed E-state index contributed by atoms with van der Waals surface area (Å²) in [7, 11) is 0. The number of carboxylic acids is 1. The Labute approximate surface area is 145 Å². The molecule has 8 nitrogen and oxygen atoms in total. The van der Waals surface area contributed by atoms with Crippen LogP contribution in [0.25, 0.3) is 0 Å². The number of piperidine rings is 1. The van der Waals surface area contributed by atoms with Gasteiger partial charge >= 0.3 is 12.1 Å². The maximum absolute atomic E-state index is 12.1. The van der Waals surface area contributed by atoms with Gasteiger partial charge in [-0.1, -0.05) is 0 Å². The minimum absolute atomic E-state index is 0.0218. The standard InChI is InChI=1S/C17H22N4O4/c18-15(19)11-3-5-13(6-4-11)21-10-14(25-17(21)24)9-20-7-1-2-12(8-20)16(22)23/h3-6,12,14H,1-2,7-10H2,(H3,18,19)(H,22,23). The monoisotopic (exact) mass is 346 g/mol. The summed E-state index contributed by atoms with van der Waals surface area (Å²) in [5.74, 6) is -1.13. The van der Waals surface area contributed by atoms with Crippen LogP contribution in [0.1, 0.15) is 18.4 Å². The van der Waals surface area contributed by atoms with E-state index in [1.54, 1.807) is 29.2 Å². The molecule has 0 radical (unpaired) electrons. The number of likely N-dealkylation sites (tertiary alicyclic amines) is 1. The third-order valence-corrected chi connectivity index (χ3v) is 4.68. The number of rotatable bonds is 5. The van der Waals surface area contributed by atoms with E-state index in [9.17, 15) is 9.59 Å². The molecule has 2 aliphatic rings. The molecule has 2 saturated heterocycles. The van der Waals surface area contributed by atoms with Crippen LogP contribution in [-0.2, 0) is 9.53 Å². The van der Waals surface area contributed by atoms with Gasteiger partial charge in [0.2, 0.25) is 0 Å². The van der Waals surface area contributed by atoms with Crippen LogP contribution in [0.3, 0.4) is 0 Å². The van der Waals surface area contributed by atoms with Gasteiger partial charge in [0.25, 0.3) is 0 Å². The Balaban J connectivity index is 1.60. The van der Waals surface area contributed by atoms with E-state index >= 15 is 0 Å². The maximum atomic E-state index is 12.1. The topological polar surface area (TPSA) is 120 Å². The zero-order chi connectivity index (χ0) is 18.0. The van der Waals surface area contributed by atoms with Crippen LogP contribution < -0.4 is 10.6 Å². The van der Waals surface area contributed by atoms with Gasteiger partial charge in [-0.15, -0.1) is 0 Å². The summed E-state index contributed by atoms with van der Waals surface area (Å²) in [5, 5.41) is 16.6. The largest absolute Gasteiger partial charge is 0.481 e. The van der Waals surface area contributed by atoms with E-state index in [-0.39, 0.29) is 17.9 Å². The number of nitrogen functional groups attached to an aromatic ring is 1. The lowest BCUT2D eigenvalue weighted by Crippen LogP contribution is -2.43. The molecule has 0 bridgehead atoms. The predicted molar refractivity (Wildman–Crippen MR) is 91.9 cm³/mol. The van der Waals surface area contributed by atoms with Crippen LogP contribution in [0.5, 0.6) is 0 Å². The van der Waals surface area contributed by atoms with Crippen LogP contribution in [-0.4, -0.2) is 60.2 Å². The first-order valence-electron chi connectivity index (χ1n) is 8.32. The van der Waals surface area contributed by atoms with Gasteiger partial charge in [-0.25, -0.2) is 4.79 Å². The third-order valence-electron chi connectivity index (χ3n) is 4.68. The highest BCUT2D eigenvalue weighted by Gasteiger charge is 2.35. The van der Waals surface area contributed by atoms with Gasteiger partial charge in [0.15, 0.2) is 0 Å². The number of benzene rings is 1. The molecule has 0 aromatic heterocycles. The van der Waals surface area contributed by atoms with E-state index < -0.39 is 12.1 Å². The first kappa shape index (κ1) is 17.2. The molecular formula is C17H22N4O4. The zero-order valence-electron chi connectivity index (χ0n) is 13.9. The van der Waals surface area contributed by atoms with Gasteiger partial charge < -0.3 is 15.6 Å². The normalized spacial score (nSPS) is 24.2. The van der Waals surface area contributed by atoms with Crippen molar-refractivity contribution in [2.24, 2.45) is 11.7 Å². The molecule has 0 saturated carbocycles. The Hall–Kier alpha value is -2.61. The highest BCUT2D eigenvalue weighted by molar-refractivity contribution is 5.96. The lowest BCUT2D eigenvalue weighted by atomic mass is 9.98. The molecule has 4 N–H and O–H groups in total. The molecular weight excluding hydrogens is 324 g/mol. The summed E-state index contributed by atoms with van der Waals surface area (Å²) in [6, 6.07) is 6.87.